The van der Waals surface area contributed by atoms with Gasteiger partial charge in [0.15, 0.2) is 0 Å². The molecular weight excluding hydrogens is 268 g/mol. The predicted molar refractivity (Wildman–Crippen MR) is 79.5 cm³/mol. The van der Waals surface area contributed by atoms with Crippen LogP contribution in [0.1, 0.15) is 33.0 Å². The topological polar surface area (TPSA) is 67.2 Å². The number of rotatable bonds is 5. The molecule has 0 radical (unpaired) electrons. The summed E-state index contributed by atoms with van der Waals surface area (Å²) in [5, 5.41) is 2.85. The predicted octanol–water partition coefficient (Wildman–Crippen LogP) is 0.724. The molecule has 2 amide bonds. The summed E-state index contributed by atoms with van der Waals surface area (Å²) in [6.45, 7) is 6.32. The minimum Gasteiger partial charge on any atom is -0.342 e. The molecule has 0 aromatic carbocycles. The normalized spacial score (nSPS) is 24.1. The maximum absolute atomic E-state index is 12.6. The van der Waals surface area contributed by atoms with Crippen molar-refractivity contribution in [2.75, 3.05) is 6.54 Å². The molecule has 0 aliphatic carbocycles. The molecule has 116 valence electrons. The van der Waals surface area contributed by atoms with Gasteiger partial charge in [-0.15, -0.1) is 0 Å². The number of hydrogen-bond acceptors (Lipinski definition) is 3. The van der Waals surface area contributed by atoms with E-state index in [9.17, 15) is 9.59 Å². The summed E-state index contributed by atoms with van der Waals surface area (Å²) >= 11 is 0. The Morgan fingerprint density at radius 3 is 2.71 bits per heavy atom. The van der Waals surface area contributed by atoms with E-state index in [4.69, 9.17) is 0 Å². The van der Waals surface area contributed by atoms with E-state index in [0.29, 0.717) is 13.0 Å². The van der Waals surface area contributed by atoms with E-state index in [2.05, 4.69) is 10.3 Å². The lowest BCUT2D eigenvalue weighted by atomic mass is 9.94. The third-order valence-electron chi connectivity index (χ3n) is 4.40. The van der Waals surface area contributed by atoms with Crippen molar-refractivity contribution >= 4 is 11.8 Å². The number of piperazine rings is 1. The van der Waals surface area contributed by atoms with E-state index in [1.165, 1.54) is 0 Å². The number of aryl methyl sites for hydroxylation is 1. The molecular formula is C15H24N4O2. The molecule has 0 bridgehead atoms. The van der Waals surface area contributed by atoms with Gasteiger partial charge in [0.2, 0.25) is 11.8 Å². The highest BCUT2D eigenvalue weighted by Crippen LogP contribution is 2.18. The first-order chi connectivity index (χ1) is 9.95. The van der Waals surface area contributed by atoms with Gasteiger partial charge in [0, 0.05) is 32.4 Å². The molecule has 1 aromatic heterocycles. The number of carbonyl (C=O) groups excluding carboxylic acids is 2. The lowest BCUT2D eigenvalue weighted by Crippen LogP contribution is -2.64. The van der Waals surface area contributed by atoms with Gasteiger partial charge in [-0.1, -0.05) is 20.3 Å². The highest BCUT2D eigenvalue weighted by molar-refractivity contribution is 5.96. The van der Waals surface area contributed by atoms with Crippen LogP contribution in [0.4, 0.5) is 0 Å². The van der Waals surface area contributed by atoms with Crippen LogP contribution in [-0.4, -0.2) is 44.9 Å². The molecule has 2 rings (SSSR count). The Balaban J connectivity index is 2.09. The van der Waals surface area contributed by atoms with E-state index in [1.807, 2.05) is 31.7 Å². The SMILES string of the molecule is CCC(C)C1NC(=O)C(C)N(CCc2nccn2C)C1=O. The Labute approximate surface area is 125 Å². The molecule has 1 aliphatic rings. The molecule has 6 nitrogen and oxygen atoms in total. The van der Waals surface area contributed by atoms with Crippen LogP contribution in [0.5, 0.6) is 0 Å². The summed E-state index contributed by atoms with van der Waals surface area (Å²) in [4.78, 5) is 30.6. The first-order valence-corrected chi connectivity index (χ1v) is 7.52. The van der Waals surface area contributed by atoms with Crippen LogP contribution in [-0.2, 0) is 23.1 Å². The van der Waals surface area contributed by atoms with E-state index >= 15 is 0 Å². The van der Waals surface area contributed by atoms with Crippen LogP contribution < -0.4 is 5.32 Å². The molecule has 1 N–H and O–H groups in total. The quantitative estimate of drug-likeness (QED) is 0.870. The van der Waals surface area contributed by atoms with Crippen LogP contribution in [0, 0.1) is 5.92 Å². The number of amides is 2. The molecule has 1 saturated heterocycles. The number of nitrogens with one attached hydrogen (secondary N) is 1. The highest BCUT2D eigenvalue weighted by atomic mass is 16.2. The average molecular weight is 292 g/mol. The average Bonchev–Trinajstić information content (AvgIpc) is 2.87. The number of carbonyl (C=O) groups is 2. The van der Waals surface area contributed by atoms with Gasteiger partial charge >= 0.3 is 0 Å². The van der Waals surface area contributed by atoms with Gasteiger partial charge in [-0.25, -0.2) is 4.98 Å². The second-order valence-electron chi connectivity index (χ2n) is 5.78. The van der Waals surface area contributed by atoms with Gasteiger partial charge in [0.05, 0.1) is 0 Å². The number of hydrogen-bond donors (Lipinski definition) is 1. The summed E-state index contributed by atoms with van der Waals surface area (Å²) in [7, 11) is 1.93. The van der Waals surface area contributed by atoms with Crippen molar-refractivity contribution in [3.63, 3.8) is 0 Å². The monoisotopic (exact) mass is 292 g/mol. The van der Waals surface area contributed by atoms with E-state index < -0.39 is 12.1 Å². The van der Waals surface area contributed by atoms with Gasteiger partial charge < -0.3 is 14.8 Å². The zero-order valence-corrected chi connectivity index (χ0v) is 13.2. The van der Waals surface area contributed by atoms with Crippen molar-refractivity contribution in [3.8, 4) is 0 Å². The molecule has 21 heavy (non-hydrogen) atoms. The third kappa shape index (κ3) is 3.09. The van der Waals surface area contributed by atoms with Crippen LogP contribution >= 0.6 is 0 Å². The fourth-order valence-corrected chi connectivity index (χ4v) is 2.63. The standard InChI is InChI=1S/C15H24N4O2/c1-5-10(2)13-15(21)19(11(3)14(20)17-13)8-6-12-16-7-9-18(12)4/h7,9-11,13H,5-6,8H2,1-4H3,(H,17,20). The third-order valence-corrected chi connectivity index (χ3v) is 4.40. The summed E-state index contributed by atoms with van der Waals surface area (Å²) in [6, 6.07) is -0.821. The van der Waals surface area contributed by atoms with Crippen molar-refractivity contribution in [1.29, 1.82) is 0 Å². The van der Waals surface area contributed by atoms with Crippen molar-refractivity contribution in [2.45, 2.75) is 45.7 Å². The smallest absolute Gasteiger partial charge is 0.246 e. The molecule has 1 fully saturated rings. The molecule has 1 aliphatic heterocycles. The fraction of sp³-hybridized carbons (Fsp3) is 0.667. The summed E-state index contributed by atoms with van der Waals surface area (Å²) in [5.74, 6) is 1.01. The Hall–Kier alpha value is -1.85. The Bertz CT molecular complexity index is 525. The number of aromatic nitrogens is 2. The molecule has 2 heterocycles. The highest BCUT2D eigenvalue weighted by Gasteiger charge is 2.39. The zero-order chi connectivity index (χ0) is 15.6. The fourth-order valence-electron chi connectivity index (χ4n) is 2.63. The maximum atomic E-state index is 12.6. The van der Waals surface area contributed by atoms with E-state index in [0.717, 1.165) is 12.2 Å². The Morgan fingerprint density at radius 2 is 2.14 bits per heavy atom. The lowest BCUT2D eigenvalue weighted by Gasteiger charge is -2.39. The first-order valence-electron chi connectivity index (χ1n) is 7.52. The minimum absolute atomic E-state index is 0.0191. The van der Waals surface area contributed by atoms with Crippen LogP contribution in [0.3, 0.4) is 0 Å². The first kappa shape index (κ1) is 15.5. The Morgan fingerprint density at radius 1 is 1.43 bits per heavy atom. The van der Waals surface area contributed by atoms with Gasteiger partial charge in [-0.3, -0.25) is 9.59 Å². The van der Waals surface area contributed by atoms with Crippen molar-refractivity contribution < 1.29 is 9.59 Å². The van der Waals surface area contributed by atoms with Crippen molar-refractivity contribution in [2.24, 2.45) is 13.0 Å². The summed E-state index contributed by atoms with van der Waals surface area (Å²) in [6.07, 6.45) is 5.13. The van der Waals surface area contributed by atoms with Crippen LogP contribution in [0.15, 0.2) is 12.4 Å². The zero-order valence-electron chi connectivity index (χ0n) is 13.2. The molecule has 3 unspecified atom stereocenters. The molecule has 1 aromatic rings. The molecule has 0 saturated carbocycles. The van der Waals surface area contributed by atoms with E-state index in [1.54, 1.807) is 18.0 Å². The van der Waals surface area contributed by atoms with Gasteiger partial charge in [-0.05, 0) is 12.8 Å². The second-order valence-corrected chi connectivity index (χ2v) is 5.78. The number of imidazole rings is 1. The van der Waals surface area contributed by atoms with Gasteiger partial charge in [-0.2, -0.15) is 0 Å². The molecule has 3 atom stereocenters. The number of nitrogens with zero attached hydrogens (tertiary/aromatic N) is 3. The van der Waals surface area contributed by atoms with Crippen molar-refractivity contribution in [3.05, 3.63) is 18.2 Å². The summed E-state index contributed by atoms with van der Waals surface area (Å²) < 4.78 is 1.94. The van der Waals surface area contributed by atoms with E-state index in [-0.39, 0.29) is 17.7 Å². The minimum atomic E-state index is -0.418. The van der Waals surface area contributed by atoms with Crippen LogP contribution in [0.2, 0.25) is 0 Å². The maximum Gasteiger partial charge on any atom is 0.246 e. The Kier molecular flexibility index (Phi) is 4.65. The molecule has 0 spiro atoms. The second kappa shape index (κ2) is 6.28. The lowest BCUT2D eigenvalue weighted by molar-refractivity contribution is -0.150. The largest absolute Gasteiger partial charge is 0.342 e. The van der Waals surface area contributed by atoms with Gasteiger partial charge in [0.1, 0.15) is 17.9 Å². The van der Waals surface area contributed by atoms with Crippen LogP contribution in [0.25, 0.3) is 0 Å². The summed E-state index contributed by atoms with van der Waals surface area (Å²) in [5.41, 5.74) is 0. The molecule has 6 heteroatoms. The van der Waals surface area contributed by atoms with Gasteiger partial charge in [0.25, 0.3) is 0 Å². The van der Waals surface area contributed by atoms with Crippen molar-refractivity contribution in [1.82, 2.24) is 19.8 Å².